The van der Waals surface area contributed by atoms with Gasteiger partial charge in [-0.25, -0.2) is 9.97 Å². The van der Waals surface area contributed by atoms with Crippen molar-refractivity contribution in [1.82, 2.24) is 14.4 Å². The third-order valence-corrected chi connectivity index (χ3v) is 8.22. The Hall–Kier alpha value is -4.70. The molecule has 1 fully saturated rings. The number of anilines is 1. The molecular formula is C32H30N4O5S. The molecule has 1 saturated heterocycles. The van der Waals surface area contributed by atoms with Crippen LogP contribution < -0.4 is 14.4 Å². The summed E-state index contributed by atoms with van der Waals surface area (Å²) in [6.45, 7) is 6.89. The second-order valence-electron chi connectivity index (χ2n) is 9.97. The lowest BCUT2D eigenvalue weighted by atomic mass is 9.96. The van der Waals surface area contributed by atoms with E-state index >= 15 is 0 Å². The molecule has 1 N–H and O–H groups in total. The molecule has 6 rings (SSSR count). The molecule has 10 heteroatoms. The van der Waals surface area contributed by atoms with Gasteiger partial charge in [0.15, 0.2) is 10.9 Å². The summed E-state index contributed by atoms with van der Waals surface area (Å²) in [5, 5.41) is 12.1. The van der Waals surface area contributed by atoms with E-state index in [-0.39, 0.29) is 11.3 Å². The topological polar surface area (TPSA) is 106 Å². The zero-order valence-electron chi connectivity index (χ0n) is 23.5. The molecule has 5 aromatic rings. The summed E-state index contributed by atoms with van der Waals surface area (Å²) in [6, 6.07) is 17.4. The Morgan fingerprint density at radius 3 is 2.55 bits per heavy atom. The number of Topliss-reactive ketones (excluding diaryl/α,β-unsaturated/α-hetero) is 1. The van der Waals surface area contributed by atoms with E-state index in [0.29, 0.717) is 58.0 Å². The van der Waals surface area contributed by atoms with Gasteiger partial charge in [-0.1, -0.05) is 42.9 Å². The lowest BCUT2D eigenvalue weighted by Crippen LogP contribution is -2.29. The van der Waals surface area contributed by atoms with Gasteiger partial charge in [0.1, 0.15) is 22.8 Å². The lowest BCUT2D eigenvalue weighted by Gasteiger charge is -2.23. The van der Waals surface area contributed by atoms with Crippen LogP contribution in [0.1, 0.15) is 49.7 Å². The van der Waals surface area contributed by atoms with Crippen LogP contribution in [0, 0.1) is 6.92 Å². The summed E-state index contributed by atoms with van der Waals surface area (Å²) in [6.07, 6.45) is 3.72. The smallest absolute Gasteiger partial charge is 0.301 e. The standard InChI is InChI=1S/C32H30N4O5S/c1-4-6-17-41-21-12-10-20(11-13-21)28-26(29(37)27-19(3)33-25-9-7-8-16-35(25)27)30(38)31(39)36(28)32-34-23-15-14-22(40-5-2)18-24(23)42-32/h7-16,18,28,37H,4-6,17H2,1-3H3/b29-26+. The van der Waals surface area contributed by atoms with Gasteiger partial charge in [0.25, 0.3) is 5.78 Å². The number of unbranched alkanes of at least 4 members (excludes halogenated alkanes) is 1. The number of carbonyl (C=O) groups is 2. The van der Waals surface area contributed by atoms with Gasteiger partial charge in [0.05, 0.1) is 40.7 Å². The molecule has 1 aliphatic rings. The van der Waals surface area contributed by atoms with Crippen molar-refractivity contribution in [2.45, 2.75) is 39.7 Å². The van der Waals surface area contributed by atoms with Crippen molar-refractivity contribution in [2.24, 2.45) is 0 Å². The molecule has 1 unspecified atom stereocenters. The number of pyridine rings is 1. The highest BCUT2D eigenvalue weighted by atomic mass is 32.1. The van der Waals surface area contributed by atoms with E-state index in [1.54, 1.807) is 17.5 Å². The van der Waals surface area contributed by atoms with E-state index < -0.39 is 17.7 Å². The molecule has 1 amide bonds. The molecule has 9 nitrogen and oxygen atoms in total. The first kappa shape index (κ1) is 27.5. The van der Waals surface area contributed by atoms with Crippen LogP contribution in [0.2, 0.25) is 0 Å². The third kappa shape index (κ3) is 4.77. The van der Waals surface area contributed by atoms with Gasteiger partial charge in [-0.05, 0) is 68.3 Å². The zero-order valence-corrected chi connectivity index (χ0v) is 24.4. The number of aromatic nitrogens is 3. The SMILES string of the molecule is CCCCOc1ccc(C2/C(=C(\O)c3c(C)nc4ccccn34)C(=O)C(=O)N2c2nc3ccc(OCC)cc3s2)cc1. The quantitative estimate of drug-likeness (QED) is 0.0921. The number of hydrogen-bond donors (Lipinski definition) is 1. The Bertz CT molecular complexity index is 1840. The molecule has 4 heterocycles. The number of thiazole rings is 1. The number of aryl methyl sites for hydroxylation is 1. The van der Waals surface area contributed by atoms with Crippen LogP contribution in [0.5, 0.6) is 11.5 Å². The van der Waals surface area contributed by atoms with E-state index in [1.165, 1.54) is 16.2 Å². The first-order chi connectivity index (χ1) is 20.4. The van der Waals surface area contributed by atoms with E-state index in [9.17, 15) is 14.7 Å². The molecule has 1 atom stereocenters. The van der Waals surface area contributed by atoms with Crippen molar-refractivity contribution in [2.75, 3.05) is 18.1 Å². The monoisotopic (exact) mass is 582 g/mol. The molecule has 0 spiro atoms. The van der Waals surface area contributed by atoms with Crippen LogP contribution in [0.15, 0.2) is 72.4 Å². The van der Waals surface area contributed by atoms with Gasteiger partial charge >= 0.3 is 5.91 Å². The molecule has 0 radical (unpaired) electrons. The summed E-state index contributed by atoms with van der Waals surface area (Å²) in [5.41, 5.74) is 2.80. The molecule has 42 heavy (non-hydrogen) atoms. The second kappa shape index (κ2) is 11.3. The molecule has 3 aromatic heterocycles. The average molecular weight is 583 g/mol. The van der Waals surface area contributed by atoms with Gasteiger partial charge in [0, 0.05) is 6.20 Å². The van der Waals surface area contributed by atoms with Crippen LogP contribution in [-0.2, 0) is 9.59 Å². The number of aliphatic hydroxyl groups is 1. The molecule has 0 saturated carbocycles. The first-order valence-electron chi connectivity index (χ1n) is 13.9. The second-order valence-corrected chi connectivity index (χ2v) is 11.0. The third-order valence-electron chi connectivity index (χ3n) is 7.20. The minimum Gasteiger partial charge on any atom is -0.505 e. The number of nitrogens with zero attached hydrogens (tertiary/aromatic N) is 4. The number of benzene rings is 2. The van der Waals surface area contributed by atoms with Crippen molar-refractivity contribution in [3.05, 3.63) is 89.4 Å². The van der Waals surface area contributed by atoms with Crippen LogP contribution in [-0.4, -0.2) is 44.4 Å². The van der Waals surface area contributed by atoms with Gasteiger partial charge in [-0.3, -0.25) is 18.9 Å². The Balaban J connectivity index is 1.51. The van der Waals surface area contributed by atoms with Gasteiger partial charge < -0.3 is 14.6 Å². The normalized spacial score (nSPS) is 16.5. The van der Waals surface area contributed by atoms with E-state index in [0.717, 1.165) is 17.5 Å². The van der Waals surface area contributed by atoms with Gasteiger partial charge in [-0.15, -0.1) is 0 Å². The van der Waals surface area contributed by atoms with Crippen molar-refractivity contribution >= 4 is 49.8 Å². The maximum absolute atomic E-state index is 13.7. The highest BCUT2D eigenvalue weighted by Gasteiger charge is 2.48. The first-order valence-corrected chi connectivity index (χ1v) is 14.7. The highest BCUT2D eigenvalue weighted by Crippen LogP contribution is 2.45. The van der Waals surface area contributed by atoms with Gasteiger partial charge in [-0.2, -0.15) is 0 Å². The van der Waals surface area contributed by atoms with Crippen molar-refractivity contribution in [3.8, 4) is 11.5 Å². The molecule has 2 aromatic carbocycles. The van der Waals surface area contributed by atoms with Crippen molar-refractivity contribution in [3.63, 3.8) is 0 Å². The fourth-order valence-corrected chi connectivity index (χ4v) is 6.23. The minimum absolute atomic E-state index is 0.0253. The summed E-state index contributed by atoms with van der Waals surface area (Å²) in [5.74, 6) is -0.466. The molecule has 214 valence electrons. The van der Waals surface area contributed by atoms with Crippen molar-refractivity contribution in [1.29, 1.82) is 0 Å². The largest absolute Gasteiger partial charge is 0.505 e. The number of ketones is 1. The summed E-state index contributed by atoms with van der Waals surface area (Å²) in [4.78, 5) is 38.1. The number of ether oxygens (including phenoxy) is 2. The Kier molecular flexibility index (Phi) is 7.38. The minimum atomic E-state index is -0.921. The van der Waals surface area contributed by atoms with E-state index in [2.05, 4.69) is 11.9 Å². The number of imidazole rings is 1. The molecule has 0 bridgehead atoms. The summed E-state index contributed by atoms with van der Waals surface area (Å²) < 4.78 is 14.0. The number of aliphatic hydroxyl groups excluding tert-OH is 1. The molecule has 1 aliphatic heterocycles. The number of amides is 1. The Morgan fingerprint density at radius 2 is 1.79 bits per heavy atom. The number of carbonyl (C=O) groups excluding carboxylic acids is 2. The maximum atomic E-state index is 13.7. The van der Waals surface area contributed by atoms with Gasteiger partial charge in [0.2, 0.25) is 0 Å². The lowest BCUT2D eigenvalue weighted by molar-refractivity contribution is -0.132. The van der Waals surface area contributed by atoms with Crippen LogP contribution in [0.25, 0.3) is 21.6 Å². The predicted octanol–water partition coefficient (Wildman–Crippen LogP) is 6.46. The highest BCUT2D eigenvalue weighted by molar-refractivity contribution is 7.22. The van der Waals surface area contributed by atoms with Crippen molar-refractivity contribution < 1.29 is 24.2 Å². The molecule has 0 aliphatic carbocycles. The average Bonchev–Trinajstić information content (AvgIpc) is 3.64. The number of fused-ring (bicyclic) bond motifs is 2. The number of rotatable bonds is 9. The van der Waals surface area contributed by atoms with Crippen LogP contribution >= 0.6 is 11.3 Å². The van der Waals surface area contributed by atoms with Crippen LogP contribution in [0.4, 0.5) is 5.13 Å². The summed E-state index contributed by atoms with van der Waals surface area (Å²) in [7, 11) is 0. The molecular weight excluding hydrogens is 552 g/mol. The zero-order chi connectivity index (χ0) is 29.4. The fourth-order valence-electron chi connectivity index (χ4n) is 5.20. The maximum Gasteiger partial charge on any atom is 0.301 e. The van der Waals surface area contributed by atoms with Crippen LogP contribution in [0.3, 0.4) is 0 Å². The number of hydrogen-bond acceptors (Lipinski definition) is 8. The Labute approximate surface area is 246 Å². The fraction of sp³-hybridized carbons (Fsp3) is 0.250. The van der Waals surface area contributed by atoms with E-state index in [1.807, 2.05) is 67.6 Å². The summed E-state index contributed by atoms with van der Waals surface area (Å²) >= 11 is 1.29. The van der Waals surface area contributed by atoms with E-state index in [4.69, 9.17) is 14.5 Å². The predicted molar refractivity (Wildman–Crippen MR) is 162 cm³/mol. The Morgan fingerprint density at radius 1 is 1.00 bits per heavy atom.